The van der Waals surface area contributed by atoms with Crippen LogP contribution in [0.5, 0.6) is 0 Å². The minimum absolute atomic E-state index is 0.141. The summed E-state index contributed by atoms with van der Waals surface area (Å²) in [6.07, 6.45) is 1.01. The molecule has 1 N–H and O–H groups in total. The maximum atomic E-state index is 11.2. The van der Waals surface area contributed by atoms with Crippen molar-refractivity contribution in [2.75, 3.05) is 6.54 Å². The van der Waals surface area contributed by atoms with E-state index in [2.05, 4.69) is 12.2 Å². The van der Waals surface area contributed by atoms with Gasteiger partial charge >= 0.3 is 0 Å². The van der Waals surface area contributed by atoms with Gasteiger partial charge in [0.25, 0.3) is 0 Å². The number of amides is 1. The van der Waals surface area contributed by atoms with E-state index in [1.165, 1.54) is 0 Å². The molecule has 58 valence electrons. The van der Waals surface area contributed by atoms with Crippen LogP contribution >= 0.6 is 0 Å². The van der Waals surface area contributed by atoms with E-state index in [4.69, 9.17) is 0 Å². The second-order valence-electron chi connectivity index (χ2n) is 3.90. The predicted octanol–water partition coefficient (Wildman–Crippen LogP) is 1.17. The molecule has 1 saturated heterocycles. The third kappa shape index (κ3) is 1.31. The summed E-state index contributed by atoms with van der Waals surface area (Å²) in [6.45, 7) is 7.01. The molecule has 0 aromatic carbocycles. The number of piperidine rings is 1. The van der Waals surface area contributed by atoms with Gasteiger partial charge in [0.1, 0.15) is 0 Å². The Morgan fingerprint density at radius 2 is 2.20 bits per heavy atom. The first-order valence-corrected chi connectivity index (χ1v) is 3.81. The molecule has 0 bridgehead atoms. The molecule has 1 fully saturated rings. The van der Waals surface area contributed by atoms with Gasteiger partial charge in [0.05, 0.1) is 0 Å². The molecule has 0 radical (unpaired) electrons. The summed E-state index contributed by atoms with van der Waals surface area (Å²) in [4.78, 5) is 11.2. The van der Waals surface area contributed by atoms with Crippen LogP contribution in [0, 0.1) is 11.3 Å². The third-order valence-corrected chi connectivity index (χ3v) is 2.08. The minimum Gasteiger partial charge on any atom is -0.355 e. The predicted molar refractivity (Wildman–Crippen MR) is 40.6 cm³/mol. The van der Waals surface area contributed by atoms with E-state index in [0.717, 1.165) is 13.0 Å². The Hall–Kier alpha value is -0.530. The summed E-state index contributed by atoms with van der Waals surface area (Å²) in [5.74, 6) is 0.832. The van der Waals surface area contributed by atoms with Crippen LogP contribution in [0.3, 0.4) is 0 Å². The van der Waals surface area contributed by atoms with Gasteiger partial charge in [-0.2, -0.15) is 0 Å². The van der Waals surface area contributed by atoms with E-state index < -0.39 is 0 Å². The highest BCUT2D eigenvalue weighted by Gasteiger charge is 2.33. The van der Waals surface area contributed by atoms with Crippen molar-refractivity contribution in [3.63, 3.8) is 0 Å². The van der Waals surface area contributed by atoms with Crippen LogP contribution in [0.4, 0.5) is 0 Å². The van der Waals surface area contributed by atoms with Gasteiger partial charge in [-0.05, 0) is 12.3 Å². The number of carbonyl (C=O) groups excluding carboxylic acids is 1. The van der Waals surface area contributed by atoms with Crippen LogP contribution in [-0.2, 0) is 4.79 Å². The second-order valence-corrected chi connectivity index (χ2v) is 3.90. The molecule has 1 unspecified atom stereocenters. The lowest BCUT2D eigenvalue weighted by Crippen LogP contribution is -2.45. The molecule has 1 aliphatic rings. The molecule has 1 atom stereocenters. The largest absolute Gasteiger partial charge is 0.355 e. The Morgan fingerprint density at radius 1 is 1.60 bits per heavy atom. The molecule has 2 nitrogen and oxygen atoms in total. The van der Waals surface area contributed by atoms with Crippen LogP contribution in [-0.4, -0.2) is 12.5 Å². The number of hydrogen-bond acceptors (Lipinski definition) is 1. The van der Waals surface area contributed by atoms with Gasteiger partial charge in [0.2, 0.25) is 5.91 Å². The SMILES string of the molecule is CC1CNC(=O)C(C)(C)C1. The fraction of sp³-hybridized carbons (Fsp3) is 0.875. The van der Waals surface area contributed by atoms with Gasteiger partial charge in [0.15, 0.2) is 0 Å². The first kappa shape index (κ1) is 7.58. The molecule has 0 aromatic heterocycles. The zero-order valence-corrected chi connectivity index (χ0v) is 6.90. The number of rotatable bonds is 0. The monoisotopic (exact) mass is 141 g/mol. The number of carbonyl (C=O) groups is 1. The molecule has 0 aliphatic carbocycles. The molecule has 0 saturated carbocycles. The molecule has 10 heavy (non-hydrogen) atoms. The van der Waals surface area contributed by atoms with Gasteiger partial charge in [-0.25, -0.2) is 0 Å². The topological polar surface area (TPSA) is 29.1 Å². The fourth-order valence-corrected chi connectivity index (χ4v) is 1.54. The summed E-state index contributed by atoms with van der Waals surface area (Å²) in [7, 11) is 0. The van der Waals surface area contributed by atoms with Crippen molar-refractivity contribution in [1.82, 2.24) is 5.32 Å². The van der Waals surface area contributed by atoms with Crippen molar-refractivity contribution in [2.45, 2.75) is 27.2 Å². The maximum absolute atomic E-state index is 11.2. The molecular weight excluding hydrogens is 126 g/mol. The quantitative estimate of drug-likeness (QED) is 0.539. The molecule has 1 rings (SSSR count). The first-order valence-electron chi connectivity index (χ1n) is 3.81. The van der Waals surface area contributed by atoms with Gasteiger partial charge in [-0.3, -0.25) is 4.79 Å². The van der Waals surface area contributed by atoms with Gasteiger partial charge in [0, 0.05) is 12.0 Å². The Labute approximate surface area is 62.0 Å². The summed E-state index contributed by atoms with van der Waals surface area (Å²) in [5.41, 5.74) is -0.141. The zero-order chi connectivity index (χ0) is 7.78. The zero-order valence-electron chi connectivity index (χ0n) is 6.90. The van der Waals surface area contributed by atoms with Gasteiger partial charge in [-0.15, -0.1) is 0 Å². The van der Waals surface area contributed by atoms with E-state index in [-0.39, 0.29) is 11.3 Å². The van der Waals surface area contributed by atoms with Crippen LogP contribution in [0.25, 0.3) is 0 Å². The molecule has 1 heterocycles. The van der Waals surface area contributed by atoms with Gasteiger partial charge in [-0.1, -0.05) is 20.8 Å². The molecule has 1 aliphatic heterocycles. The van der Waals surface area contributed by atoms with Crippen molar-refractivity contribution in [3.8, 4) is 0 Å². The standard InChI is InChI=1S/C8H15NO/c1-6-4-8(2,3)7(10)9-5-6/h6H,4-5H2,1-3H3,(H,9,10). The minimum atomic E-state index is -0.141. The maximum Gasteiger partial charge on any atom is 0.225 e. The molecule has 1 amide bonds. The average molecular weight is 141 g/mol. The third-order valence-electron chi connectivity index (χ3n) is 2.08. The second kappa shape index (κ2) is 2.26. The van der Waals surface area contributed by atoms with Gasteiger partial charge < -0.3 is 5.32 Å². The van der Waals surface area contributed by atoms with Crippen molar-refractivity contribution in [2.24, 2.45) is 11.3 Å². The summed E-state index contributed by atoms with van der Waals surface area (Å²) >= 11 is 0. The van der Waals surface area contributed by atoms with Crippen LogP contribution in [0.2, 0.25) is 0 Å². The summed E-state index contributed by atoms with van der Waals surface area (Å²) in [6, 6.07) is 0. The van der Waals surface area contributed by atoms with E-state index in [1.54, 1.807) is 0 Å². The van der Waals surface area contributed by atoms with E-state index in [0.29, 0.717) is 5.92 Å². The molecule has 0 aromatic rings. The highest BCUT2D eigenvalue weighted by Crippen LogP contribution is 2.28. The lowest BCUT2D eigenvalue weighted by molar-refractivity contribution is -0.132. The molecular formula is C8H15NO. The molecule has 2 heteroatoms. The molecule has 0 spiro atoms. The Balaban J connectivity index is 2.63. The van der Waals surface area contributed by atoms with E-state index in [9.17, 15) is 4.79 Å². The fourth-order valence-electron chi connectivity index (χ4n) is 1.54. The summed E-state index contributed by atoms with van der Waals surface area (Å²) < 4.78 is 0. The normalized spacial score (nSPS) is 31.5. The summed E-state index contributed by atoms with van der Waals surface area (Å²) in [5, 5.41) is 2.88. The average Bonchev–Trinajstić information content (AvgIpc) is 1.78. The highest BCUT2D eigenvalue weighted by molar-refractivity contribution is 5.82. The highest BCUT2D eigenvalue weighted by atomic mass is 16.2. The lowest BCUT2D eigenvalue weighted by atomic mass is 9.80. The number of hydrogen-bond donors (Lipinski definition) is 1. The Kier molecular flexibility index (Phi) is 1.71. The van der Waals surface area contributed by atoms with Crippen LogP contribution in [0.15, 0.2) is 0 Å². The first-order chi connectivity index (χ1) is 4.52. The van der Waals surface area contributed by atoms with Crippen LogP contribution < -0.4 is 5.32 Å². The van der Waals surface area contributed by atoms with E-state index >= 15 is 0 Å². The van der Waals surface area contributed by atoms with Crippen LogP contribution in [0.1, 0.15) is 27.2 Å². The smallest absolute Gasteiger partial charge is 0.225 e. The Bertz CT molecular complexity index is 151. The van der Waals surface area contributed by atoms with Crippen molar-refractivity contribution < 1.29 is 4.79 Å². The Morgan fingerprint density at radius 3 is 2.60 bits per heavy atom. The van der Waals surface area contributed by atoms with Crippen molar-refractivity contribution in [1.29, 1.82) is 0 Å². The van der Waals surface area contributed by atoms with Crippen molar-refractivity contribution in [3.05, 3.63) is 0 Å². The number of nitrogens with one attached hydrogen (secondary N) is 1. The van der Waals surface area contributed by atoms with Crippen molar-refractivity contribution >= 4 is 5.91 Å². The van der Waals surface area contributed by atoms with E-state index in [1.807, 2.05) is 13.8 Å². The lowest BCUT2D eigenvalue weighted by Gasteiger charge is -2.32.